The number of hydrogen-bond acceptors (Lipinski definition) is 2. The Bertz CT molecular complexity index is 812. The van der Waals surface area contributed by atoms with Gasteiger partial charge in [0.15, 0.2) is 0 Å². The zero-order chi connectivity index (χ0) is 18.7. The minimum atomic E-state index is -0.588. The lowest BCUT2D eigenvalue weighted by atomic mass is 9.85. The average molecular weight is 350 g/mol. The molecule has 0 saturated heterocycles. The third-order valence-corrected chi connectivity index (χ3v) is 5.00. The largest absolute Gasteiger partial charge is 0.355 e. The van der Waals surface area contributed by atoms with Gasteiger partial charge in [-0.2, -0.15) is 0 Å². The zero-order valence-electron chi connectivity index (χ0n) is 15.7. The van der Waals surface area contributed by atoms with Crippen molar-refractivity contribution < 1.29 is 9.59 Å². The Kier molecular flexibility index (Phi) is 5.12. The molecule has 0 aliphatic carbocycles. The molecular formula is C22H26N2O2. The molecule has 4 heteroatoms. The molecule has 0 radical (unpaired) electrons. The number of rotatable bonds is 6. The van der Waals surface area contributed by atoms with Gasteiger partial charge in [-0.1, -0.05) is 48.0 Å². The Balaban J connectivity index is 1.57. The Morgan fingerprint density at radius 2 is 1.85 bits per heavy atom. The van der Waals surface area contributed by atoms with E-state index in [9.17, 15) is 9.59 Å². The average Bonchev–Trinajstić information content (AvgIpc) is 2.80. The monoisotopic (exact) mass is 350 g/mol. The number of hydrogen-bond donors (Lipinski definition) is 1. The van der Waals surface area contributed by atoms with E-state index in [1.807, 2.05) is 57.2 Å². The zero-order valence-corrected chi connectivity index (χ0v) is 15.7. The molecule has 26 heavy (non-hydrogen) atoms. The molecule has 2 aromatic rings. The molecule has 3 rings (SSSR count). The van der Waals surface area contributed by atoms with Crippen molar-refractivity contribution in [1.29, 1.82) is 0 Å². The second kappa shape index (κ2) is 7.32. The number of aryl methyl sites for hydroxylation is 2. The maximum absolute atomic E-state index is 12.8. The highest BCUT2D eigenvalue weighted by molar-refractivity contribution is 6.10. The first-order valence-corrected chi connectivity index (χ1v) is 9.13. The lowest BCUT2D eigenvalue weighted by Gasteiger charge is -2.20. The van der Waals surface area contributed by atoms with Gasteiger partial charge in [0.2, 0.25) is 11.8 Å². The third-order valence-electron chi connectivity index (χ3n) is 5.00. The number of benzene rings is 2. The van der Waals surface area contributed by atoms with Crippen molar-refractivity contribution in [3.8, 4) is 0 Å². The molecule has 0 fully saturated rings. The molecule has 2 amide bonds. The first-order chi connectivity index (χ1) is 12.4. The minimum absolute atomic E-state index is 0.0162. The number of nitrogens with zero attached hydrogens (tertiary/aromatic N) is 1. The number of fused-ring (bicyclic) bond motifs is 1. The summed E-state index contributed by atoms with van der Waals surface area (Å²) in [5.41, 5.74) is 3.65. The summed E-state index contributed by atoms with van der Waals surface area (Å²) in [4.78, 5) is 26.7. The fraction of sp³-hybridized carbons (Fsp3) is 0.364. The highest BCUT2D eigenvalue weighted by Gasteiger charge is 2.44. The SMILES string of the molecule is Cc1ccc2c(c1)C(C)(C)C(=O)N2CC(=O)NCCCc1ccccc1. The maximum Gasteiger partial charge on any atom is 0.240 e. The van der Waals surface area contributed by atoms with Crippen molar-refractivity contribution in [2.45, 2.75) is 39.0 Å². The summed E-state index contributed by atoms with van der Waals surface area (Å²) < 4.78 is 0. The van der Waals surface area contributed by atoms with Gasteiger partial charge in [0, 0.05) is 12.2 Å². The first kappa shape index (κ1) is 18.2. The van der Waals surface area contributed by atoms with E-state index in [2.05, 4.69) is 17.4 Å². The topological polar surface area (TPSA) is 49.4 Å². The van der Waals surface area contributed by atoms with E-state index in [-0.39, 0.29) is 18.4 Å². The number of carbonyl (C=O) groups excluding carboxylic acids is 2. The van der Waals surface area contributed by atoms with Crippen LogP contribution in [0.15, 0.2) is 48.5 Å². The Morgan fingerprint density at radius 3 is 2.58 bits per heavy atom. The summed E-state index contributed by atoms with van der Waals surface area (Å²) >= 11 is 0. The van der Waals surface area contributed by atoms with Gasteiger partial charge < -0.3 is 10.2 Å². The van der Waals surface area contributed by atoms with E-state index in [1.165, 1.54) is 5.56 Å². The van der Waals surface area contributed by atoms with E-state index >= 15 is 0 Å². The molecule has 2 aromatic carbocycles. The third kappa shape index (κ3) is 3.64. The molecule has 0 atom stereocenters. The summed E-state index contributed by atoms with van der Waals surface area (Å²) in [5, 5.41) is 2.94. The molecule has 1 heterocycles. The van der Waals surface area contributed by atoms with Gasteiger partial charge in [-0.15, -0.1) is 0 Å². The molecule has 0 unspecified atom stereocenters. The van der Waals surface area contributed by atoms with Crippen molar-refractivity contribution in [3.63, 3.8) is 0 Å². The lowest BCUT2D eigenvalue weighted by molar-refractivity contribution is -0.125. The number of amides is 2. The van der Waals surface area contributed by atoms with Crippen molar-refractivity contribution in [1.82, 2.24) is 5.32 Å². The smallest absolute Gasteiger partial charge is 0.240 e. The second-order valence-electron chi connectivity index (χ2n) is 7.48. The molecule has 136 valence electrons. The first-order valence-electron chi connectivity index (χ1n) is 9.13. The van der Waals surface area contributed by atoms with Crippen LogP contribution in [0.5, 0.6) is 0 Å². The van der Waals surface area contributed by atoms with Crippen LogP contribution in [0.4, 0.5) is 5.69 Å². The summed E-state index contributed by atoms with van der Waals surface area (Å²) in [7, 11) is 0. The molecule has 0 bridgehead atoms. The van der Waals surface area contributed by atoms with Gasteiger partial charge in [-0.25, -0.2) is 0 Å². The van der Waals surface area contributed by atoms with Crippen LogP contribution in [0.3, 0.4) is 0 Å². The van der Waals surface area contributed by atoms with Crippen molar-refractivity contribution in [2.75, 3.05) is 18.0 Å². The normalized spacial score (nSPS) is 15.0. The van der Waals surface area contributed by atoms with Gasteiger partial charge >= 0.3 is 0 Å². The van der Waals surface area contributed by atoms with Crippen molar-refractivity contribution in [3.05, 3.63) is 65.2 Å². The highest BCUT2D eigenvalue weighted by Crippen LogP contribution is 2.41. The molecule has 1 N–H and O–H groups in total. The van der Waals surface area contributed by atoms with Gasteiger partial charge in [-0.3, -0.25) is 9.59 Å². The van der Waals surface area contributed by atoms with Crippen LogP contribution in [-0.2, 0) is 21.4 Å². The van der Waals surface area contributed by atoms with E-state index in [4.69, 9.17) is 0 Å². The molecule has 0 aromatic heterocycles. The van der Waals surface area contributed by atoms with Crippen molar-refractivity contribution in [2.24, 2.45) is 0 Å². The summed E-state index contributed by atoms with van der Waals surface area (Å²) in [6.45, 7) is 6.54. The van der Waals surface area contributed by atoms with Gasteiger partial charge in [-0.05, 0) is 50.8 Å². The van der Waals surface area contributed by atoms with Crippen LogP contribution < -0.4 is 10.2 Å². The van der Waals surface area contributed by atoms with E-state index in [1.54, 1.807) is 4.90 Å². The van der Waals surface area contributed by atoms with E-state index < -0.39 is 5.41 Å². The molecule has 0 spiro atoms. The fourth-order valence-corrected chi connectivity index (χ4v) is 3.47. The van der Waals surface area contributed by atoms with Gasteiger partial charge in [0.25, 0.3) is 0 Å². The second-order valence-corrected chi connectivity index (χ2v) is 7.48. The van der Waals surface area contributed by atoms with E-state index in [0.29, 0.717) is 6.54 Å². The summed E-state index contributed by atoms with van der Waals surface area (Å²) in [6, 6.07) is 16.2. The molecule has 4 nitrogen and oxygen atoms in total. The highest BCUT2D eigenvalue weighted by atomic mass is 16.2. The Morgan fingerprint density at radius 1 is 1.12 bits per heavy atom. The van der Waals surface area contributed by atoms with Gasteiger partial charge in [0.1, 0.15) is 6.54 Å². The van der Waals surface area contributed by atoms with Crippen LogP contribution in [0.25, 0.3) is 0 Å². The number of nitrogens with one attached hydrogen (secondary N) is 1. The predicted molar refractivity (Wildman–Crippen MR) is 104 cm³/mol. The van der Waals surface area contributed by atoms with Crippen LogP contribution >= 0.6 is 0 Å². The number of anilines is 1. The van der Waals surface area contributed by atoms with Crippen LogP contribution in [0.1, 0.15) is 37.0 Å². The van der Waals surface area contributed by atoms with Crippen LogP contribution in [-0.4, -0.2) is 24.9 Å². The molecular weight excluding hydrogens is 324 g/mol. The van der Waals surface area contributed by atoms with E-state index in [0.717, 1.165) is 29.7 Å². The fourth-order valence-electron chi connectivity index (χ4n) is 3.47. The predicted octanol–water partition coefficient (Wildman–Crippen LogP) is 3.37. The van der Waals surface area contributed by atoms with Crippen LogP contribution in [0.2, 0.25) is 0 Å². The summed E-state index contributed by atoms with van der Waals surface area (Å²) in [6.07, 6.45) is 1.81. The lowest BCUT2D eigenvalue weighted by Crippen LogP contribution is -2.43. The molecule has 1 aliphatic heterocycles. The molecule has 0 saturated carbocycles. The Hall–Kier alpha value is -2.62. The molecule has 1 aliphatic rings. The quantitative estimate of drug-likeness (QED) is 0.812. The van der Waals surface area contributed by atoms with Crippen molar-refractivity contribution >= 4 is 17.5 Å². The Labute approximate surface area is 155 Å². The summed E-state index contributed by atoms with van der Waals surface area (Å²) in [5.74, 6) is -0.131. The van der Waals surface area contributed by atoms with Gasteiger partial charge in [0.05, 0.1) is 5.41 Å². The maximum atomic E-state index is 12.8. The number of carbonyl (C=O) groups is 2. The van der Waals surface area contributed by atoms with Crippen LogP contribution in [0, 0.1) is 6.92 Å². The minimum Gasteiger partial charge on any atom is -0.355 e. The standard InChI is InChI=1S/C22H26N2O2/c1-16-11-12-19-18(14-16)22(2,3)21(26)24(19)15-20(25)23-13-7-10-17-8-5-4-6-9-17/h4-6,8-9,11-12,14H,7,10,13,15H2,1-3H3,(H,23,25).